The van der Waals surface area contributed by atoms with E-state index in [1.165, 1.54) is 37.7 Å². The van der Waals surface area contributed by atoms with Crippen molar-refractivity contribution in [3.8, 4) is 84.7 Å². The van der Waals surface area contributed by atoms with Crippen LogP contribution >= 0.6 is 0 Å². The molecule has 1 heterocycles. The summed E-state index contributed by atoms with van der Waals surface area (Å²) in [6, 6.07) is 83.0. The van der Waals surface area contributed by atoms with Crippen LogP contribution in [-0.2, 0) is 0 Å². The maximum Gasteiger partial charge on any atom is 0.164 e. The van der Waals surface area contributed by atoms with E-state index < -0.39 is 0 Å². The molecule has 0 spiro atoms. The first-order valence-electron chi connectivity index (χ1n) is 22.1. The van der Waals surface area contributed by atoms with Crippen molar-refractivity contribution in [3.05, 3.63) is 236 Å². The molecule has 0 unspecified atom stereocenters. The van der Waals surface area contributed by atoms with Gasteiger partial charge < -0.3 is 0 Å². The van der Waals surface area contributed by atoms with Crippen molar-refractivity contribution in [2.75, 3.05) is 0 Å². The van der Waals surface area contributed by atoms with Crippen LogP contribution in [0.25, 0.3) is 122 Å². The van der Waals surface area contributed by atoms with Crippen LogP contribution in [0.1, 0.15) is 5.56 Å². The van der Waals surface area contributed by atoms with Crippen molar-refractivity contribution in [2.45, 2.75) is 0 Å². The molecular weight excluding hydrogens is 801 g/mol. The molecule has 0 atom stereocenters. The summed E-state index contributed by atoms with van der Waals surface area (Å²) in [7, 11) is 0. The number of hydrogen-bond donors (Lipinski definition) is 0. The predicted molar refractivity (Wildman–Crippen MR) is 273 cm³/mol. The molecule has 12 aromatic rings. The zero-order valence-corrected chi connectivity index (χ0v) is 35.7. The Labute approximate surface area is 382 Å². The highest BCUT2D eigenvalue weighted by Crippen LogP contribution is 2.42. The van der Waals surface area contributed by atoms with E-state index in [-0.39, 0.29) is 0 Å². The summed E-state index contributed by atoms with van der Waals surface area (Å²) in [6.07, 6.45) is 0. The Hall–Kier alpha value is -9.04. The topological polar surface area (TPSA) is 62.5 Å². The van der Waals surface area contributed by atoms with Crippen molar-refractivity contribution in [3.63, 3.8) is 0 Å². The molecule has 11 aromatic carbocycles. The molecule has 0 saturated carbocycles. The summed E-state index contributed by atoms with van der Waals surface area (Å²) in [4.78, 5) is 15.2. The molecular formula is C62H38N4. The highest BCUT2D eigenvalue weighted by atomic mass is 15.0. The van der Waals surface area contributed by atoms with E-state index in [1.807, 2.05) is 36.4 Å². The number of fused-ring (bicyclic) bond motifs is 6. The third kappa shape index (κ3) is 6.93. The molecule has 0 aliphatic carbocycles. The van der Waals surface area contributed by atoms with Crippen LogP contribution < -0.4 is 0 Å². The summed E-state index contributed by atoms with van der Waals surface area (Å²) >= 11 is 0. The van der Waals surface area contributed by atoms with Gasteiger partial charge in [0, 0.05) is 22.3 Å². The number of nitriles is 1. The molecule has 0 aliphatic heterocycles. The van der Waals surface area contributed by atoms with Gasteiger partial charge in [0.2, 0.25) is 0 Å². The average molecular weight is 839 g/mol. The highest BCUT2D eigenvalue weighted by molar-refractivity contribution is 6.15. The van der Waals surface area contributed by atoms with Crippen molar-refractivity contribution >= 4 is 43.1 Å². The lowest BCUT2D eigenvalue weighted by atomic mass is 9.87. The number of rotatable bonds is 7. The Morgan fingerprint density at radius 3 is 1.47 bits per heavy atom. The van der Waals surface area contributed by atoms with Gasteiger partial charge in [0.05, 0.1) is 11.6 Å². The van der Waals surface area contributed by atoms with Crippen LogP contribution in [0.15, 0.2) is 231 Å². The SMILES string of the molecule is N#Cc1ccc(-c2cccc(-c3ccc(-c4nc(-c5ccccc5)nc(-c5ccc6ccc7ccccc7c6c5)n4)cc3)c2)cc1-c1ccccc1-c1cccc2ccc3ccccc3c12. The quantitative estimate of drug-likeness (QED) is 0.150. The van der Waals surface area contributed by atoms with E-state index in [0.717, 1.165) is 66.6 Å². The predicted octanol–water partition coefficient (Wildman–Crippen LogP) is 16.0. The molecule has 0 fully saturated rings. The van der Waals surface area contributed by atoms with Crippen molar-refractivity contribution in [2.24, 2.45) is 0 Å². The Kier molecular flexibility index (Phi) is 9.51. The zero-order chi connectivity index (χ0) is 44.0. The van der Waals surface area contributed by atoms with E-state index in [9.17, 15) is 5.26 Å². The van der Waals surface area contributed by atoms with Gasteiger partial charge in [0.1, 0.15) is 0 Å². The summed E-state index contributed by atoms with van der Waals surface area (Å²) in [5, 5.41) is 20.0. The van der Waals surface area contributed by atoms with Gasteiger partial charge in [-0.2, -0.15) is 5.26 Å². The third-order valence-corrected chi connectivity index (χ3v) is 12.8. The minimum absolute atomic E-state index is 0.610. The fourth-order valence-electron chi connectivity index (χ4n) is 9.46. The average Bonchev–Trinajstić information content (AvgIpc) is 3.40. The van der Waals surface area contributed by atoms with E-state index >= 15 is 0 Å². The van der Waals surface area contributed by atoms with E-state index in [0.29, 0.717) is 23.0 Å². The fourth-order valence-corrected chi connectivity index (χ4v) is 9.46. The first-order chi connectivity index (χ1) is 32.6. The minimum Gasteiger partial charge on any atom is -0.208 e. The van der Waals surface area contributed by atoms with E-state index in [4.69, 9.17) is 15.0 Å². The van der Waals surface area contributed by atoms with Gasteiger partial charge in [-0.3, -0.25) is 0 Å². The molecule has 0 aliphatic rings. The van der Waals surface area contributed by atoms with Crippen LogP contribution in [0.3, 0.4) is 0 Å². The standard InChI is InChI=1S/C62H38N4/c63-39-51-35-33-49(37-58(51)55-22-9-8-21-54(55)56-23-11-16-44-30-28-42-13-5-7-20-53(42)59(44)56)48-18-10-17-47(36-48)40-24-31-46(32-25-40)61-64-60(45-14-2-1-3-15-45)65-62(66-61)50-34-29-43-27-26-41-12-4-6-19-52(41)57(43)38-50/h1-38H. The summed E-state index contributed by atoms with van der Waals surface area (Å²) in [5.74, 6) is 1.86. The van der Waals surface area contributed by atoms with Gasteiger partial charge in [-0.05, 0) is 106 Å². The van der Waals surface area contributed by atoms with Crippen LogP contribution in [0.2, 0.25) is 0 Å². The molecule has 0 bridgehead atoms. The second kappa shape index (κ2) is 16.3. The number of aromatic nitrogens is 3. The van der Waals surface area contributed by atoms with Gasteiger partial charge in [0.25, 0.3) is 0 Å². The Morgan fingerprint density at radius 2 is 0.727 bits per heavy atom. The normalized spacial score (nSPS) is 11.3. The molecule has 4 heteroatoms. The van der Waals surface area contributed by atoms with Crippen molar-refractivity contribution in [1.82, 2.24) is 15.0 Å². The first-order valence-corrected chi connectivity index (χ1v) is 22.1. The monoisotopic (exact) mass is 838 g/mol. The van der Waals surface area contributed by atoms with Gasteiger partial charge >= 0.3 is 0 Å². The number of benzene rings is 11. The summed E-state index contributed by atoms with van der Waals surface area (Å²) in [5.41, 5.74) is 11.8. The maximum atomic E-state index is 10.5. The van der Waals surface area contributed by atoms with Gasteiger partial charge in [-0.25, -0.2) is 15.0 Å². The molecule has 306 valence electrons. The molecule has 0 amide bonds. The molecule has 1 aromatic heterocycles. The summed E-state index contributed by atoms with van der Waals surface area (Å²) < 4.78 is 0. The molecule has 0 saturated heterocycles. The Balaban J connectivity index is 0.904. The lowest BCUT2D eigenvalue weighted by molar-refractivity contribution is 1.07. The van der Waals surface area contributed by atoms with Gasteiger partial charge in [0.15, 0.2) is 17.5 Å². The zero-order valence-electron chi connectivity index (χ0n) is 35.7. The van der Waals surface area contributed by atoms with Crippen molar-refractivity contribution in [1.29, 1.82) is 5.26 Å². The van der Waals surface area contributed by atoms with E-state index in [1.54, 1.807) is 0 Å². The third-order valence-electron chi connectivity index (χ3n) is 12.8. The van der Waals surface area contributed by atoms with Crippen molar-refractivity contribution < 1.29 is 0 Å². The molecule has 66 heavy (non-hydrogen) atoms. The Bertz CT molecular complexity index is 3890. The molecule has 12 rings (SSSR count). The van der Waals surface area contributed by atoms with Crippen LogP contribution in [0.5, 0.6) is 0 Å². The second-order valence-corrected chi connectivity index (χ2v) is 16.7. The minimum atomic E-state index is 0.610. The number of hydrogen-bond acceptors (Lipinski definition) is 4. The van der Waals surface area contributed by atoms with E-state index in [2.05, 4.69) is 200 Å². The van der Waals surface area contributed by atoms with Gasteiger partial charge in [-0.1, -0.05) is 206 Å². The lowest BCUT2D eigenvalue weighted by Gasteiger charge is -2.16. The van der Waals surface area contributed by atoms with Crippen LogP contribution in [0.4, 0.5) is 0 Å². The highest BCUT2D eigenvalue weighted by Gasteiger charge is 2.17. The molecule has 0 radical (unpaired) electrons. The number of nitrogens with zero attached hydrogens (tertiary/aromatic N) is 4. The lowest BCUT2D eigenvalue weighted by Crippen LogP contribution is -2.00. The van der Waals surface area contributed by atoms with Crippen LogP contribution in [-0.4, -0.2) is 15.0 Å². The molecule has 0 N–H and O–H groups in total. The van der Waals surface area contributed by atoms with Crippen LogP contribution in [0, 0.1) is 11.3 Å². The van der Waals surface area contributed by atoms with Gasteiger partial charge in [-0.15, -0.1) is 0 Å². The second-order valence-electron chi connectivity index (χ2n) is 16.7. The Morgan fingerprint density at radius 1 is 0.273 bits per heavy atom. The summed E-state index contributed by atoms with van der Waals surface area (Å²) in [6.45, 7) is 0. The first kappa shape index (κ1) is 38.6. The fraction of sp³-hybridized carbons (Fsp3) is 0. The largest absolute Gasteiger partial charge is 0.208 e. The smallest absolute Gasteiger partial charge is 0.164 e. The molecule has 4 nitrogen and oxygen atoms in total. The maximum absolute atomic E-state index is 10.5.